The lowest BCUT2D eigenvalue weighted by molar-refractivity contribution is -0.0849. The van der Waals surface area contributed by atoms with Gasteiger partial charge >= 0.3 is 0 Å². The molecule has 144 valence electrons. The van der Waals surface area contributed by atoms with Gasteiger partial charge in [0.1, 0.15) is 18.2 Å². The van der Waals surface area contributed by atoms with Crippen molar-refractivity contribution in [3.63, 3.8) is 0 Å². The summed E-state index contributed by atoms with van der Waals surface area (Å²) in [6.07, 6.45) is 3.29. The highest BCUT2D eigenvalue weighted by molar-refractivity contribution is 5.68. The second kappa shape index (κ2) is 9.16. The fourth-order valence-corrected chi connectivity index (χ4v) is 3.49. The van der Waals surface area contributed by atoms with Crippen LogP contribution in [-0.4, -0.2) is 25.9 Å². The van der Waals surface area contributed by atoms with Crippen molar-refractivity contribution in [1.82, 2.24) is 0 Å². The molecule has 1 heterocycles. The van der Waals surface area contributed by atoms with Gasteiger partial charge in [0.05, 0.1) is 18.8 Å². The third-order valence-corrected chi connectivity index (χ3v) is 4.93. The van der Waals surface area contributed by atoms with Crippen molar-refractivity contribution in [2.24, 2.45) is 0 Å². The molecule has 0 saturated carbocycles. The Morgan fingerprint density at radius 3 is 2.59 bits per heavy atom. The summed E-state index contributed by atoms with van der Waals surface area (Å²) < 4.78 is 32.1. The Morgan fingerprint density at radius 1 is 1.19 bits per heavy atom. The molecule has 1 saturated heterocycles. The Hall–Kier alpha value is -2.17. The molecule has 2 unspecified atom stereocenters. The molecule has 1 fully saturated rings. The molecule has 0 aromatic heterocycles. The SMILES string of the molecule is C=CCOc1ccc(-c2ccc(C3CCC(OCC)CO3)c(F)c2C)cc1. The third kappa shape index (κ3) is 4.57. The maximum Gasteiger partial charge on any atom is 0.132 e. The smallest absolute Gasteiger partial charge is 0.132 e. The van der Waals surface area contributed by atoms with E-state index < -0.39 is 0 Å². The summed E-state index contributed by atoms with van der Waals surface area (Å²) >= 11 is 0. The zero-order chi connectivity index (χ0) is 19.2. The summed E-state index contributed by atoms with van der Waals surface area (Å²) in [5.41, 5.74) is 3.12. The molecule has 0 radical (unpaired) electrons. The lowest BCUT2D eigenvalue weighted by Gasteiger charge is -2.29. The van der Waals surface area contributed by atoms with Gasteiger partial charge in [0.2, 0.25) is 0 Å². The van der Waals surface area contributed by atoms with E-state index in [1.54, 1.807) is 6.08 Å². The average molecular weight is 370 g/mol. The van der Waals surface area contributed by atoms with Crippen LogP contribution in [-0.2, 0) is 9.47 Å². The van der Waals surface area contributed by atoms with Crippen LogP contribution >= 0.6 is 0 Å². The fourth-order valence-electron chi connectivity index (χ4n) is 3.49. The molecule has 27 heavy (non-hydrogen) atoms. The van der Waals surface area contributed by atoms with E-state index in [0.717, 1.165) is 29.7 Å². The number of rotatable bonds is 7. The summed E-state index contributed by atoms with van der Waals surface area (Å²) in [5, 5.41) is 0. The number of hydrogen-bond acceptors (Lipinski definition) is 3. The number of benzene rings is 2. The largest absolute Gasteiger partial charge is 0.490 e. The second-order valence-corrected chi connectivity index (χ2v) is 6.74. The molecule has 3 nitrogen and oxygen atoms in total. The van der Waals surface area contributed by atoms with Gasteiger partial charge < -0.3 is 14.2 Å². The van der Waals surface area contributed by atoms with Gasteiger partial charge in [0.15, 0.2) is 0 Å². The van der Waals surface area contributed by atoms with E-state index in [0.29, 0.717) is 30.9 Å². The maximum absolute atomic E-state index is 15.1. The Labute approximate surface area is 160 Å². The number of halogens is 1. The van der Waals surface area contributed by atoms with Crippen molar-refractivity contribution in [3.05, 3.63) is 66.0 Å². The molecule has 2 atom stereocenters. The number of ether oxygens (including phenoxy) is 3. The molecule has 1 aliphatic rings. The van der Waals surface area contributed by atoms with Crippen molar-refractivity contribution in [3.8, 4) is 16.9 Å². The Bertz CT molecular complexity index is 762. The van der Waals surface area contributed by atoms with Gasteiger partial charge in [-0.2, -0.15) is 0 Å². The standard InChI is InChI=1S/C23H27FO3/c1-4-14-26-18-8-6-17(7-9-18)20-11-12-21(23(24)16(20)3)22-13-10-19(15-27-22)25-5-2/h4,6-9,11-12,19,22H,1,5,10,13-15H2,2-3H3. The first-order valence-corrected chi connectivity index (χ1v) is 9.50. The summed E-state index contributed by atoms with van der Waals surface area (Å²) in [7, 11) is 0. The molecule has 4 heteroatoms. The molecular weight excluding hydrogens is 343 g/mol. The molecule has 3 rings (SSSR count). The van der Waals surface area contributed by atoms with Crippen LogP contribution in [0.2, 0.25) is 0 Å². The van der Waals surface area contributed by atoms with Crippen LogP contribution in [0.5, 0.6) is 5.75 Å². The first-order chi connectivity index (χ1) is 13.1. The molecule has 0 aliphatic carbocycles. The van der Waals surface area contributed by atoms with Crippen LogP contribution < -0.4 is 4.74 Å². The quantitative estimate of drug-likeness (QED) is 0.592. The third-order valence-electron chi connectivity index (χ3n) is 4.93. The minimum atomic E-state index is -0.205. The van der Waals surface area contributed by atoms with Gasteiger partial charge in [-0.05, 0) is 55.5 Å². The van der Waals surface area contributed by atoms with E-state index in [9.17, 15) is 0 Å². The summed E-state index contributed by atoms with van der Waals surface area (Å²) in [4.78, 5) is 0. The predicted octanol–water partition coefficient (Wildman–Crippen LogP) is 5.62. The van der Waals surface area contributed by atoms with Crippen molar-refractivity contribution in [2.75, 3.05) is 19.8 Å². The molecule has 0 N–H and O–H groups in total. The Kier molecular flexibility index (Phi) is 6.64. The van der Waals surface area contributed by atoms with Gasteiger partial charge in [0.25, 0.3) is 0 Å². The summed E-state index contributed by atoms with van der Waals surface area (Å²) in [6, 6.07) is 11.5. The highest BCUT2D eigenvalue weighted by atomic mass is 19.1. The van der Waals surface area contributed by atoms with Crippen LogP contribution in [0.3, 0.4) is 0 Å². The van der Waals surface area contributed by atoms with Crippen LogP contribution in [0, 0.1) is 12.7 Å². The van der Waals surface area contributed by atoms with Gasteiger partial charge in [-0.15, -0.1) is 0 Å². The normalized spacial score (nSPS) is 19.7. The second-order valence-electron chi connectivity index (χ2n) is 6.74. The van der Waals surface area contributed by atoms with Crippen molar-refractivity contribution in [2.45, 2.75) is 38.9 Å². The van der Waals surface area contributed by atoms with Crippen molar-refractivity contribution >= 4 is 0 Å². The summed E-state index contributed by atoms with van der Waals surface area (Å²) in [5.74, 6) is 0.590. The average Bonchev–Trinajstić information content (AvgIpc) is 2.70. The molecule has 0 amide bonds. The van der Waals surface area contributed by atoms with E-state index >= 15 is 4.39 Å². The molecule has 2 aromatic carbocycles. The first kappa shape index (κ1) is 19.6. The van der Waals surface area contributed by atoms with E-state index in [4.69, 9.17) is 14.2 Å². The van der Waals surface area contributed by atoms with Gasteiger partial charge in [-0.25, -0.2) is 4.39 Å². The number of hydrogen-bond donors (Lipinski definition) is 0. The fraction of sp³-hybridized carbons (Fsp3) is 0.391. The first-order valence-electron chi connectivity index (χ1n) is 9.50. The van der Waals surface area contributed by atoms with Crippen molar-refractivity contribution in [1.29, 1.82) is 0 Å². The molecule has 2 aromatic rings. The monoisotopic (exact) mass is 370 g/mol. The van der Waals surface area contributed by atoms with E-state index in [1.807, 2.05) is 50.2 Å². The predicted molar refractivity (Wildman–Crippen MR) is 106 cm³/mol. The molecule has 0 spiro atoms. The highest BCUT2D eigenvalue weighted by Gasteiger charge is 2.26. The molecule has 0 bridgehead atoms. The van der Waals surface area contributed by atoms with Crippen LogP contribution in [0.25, 0.3) is 11.1 Å². The topological polar surface area (TPSA) is 27.7 Å². The van der Waals surface area contributed by atoms with E-state index in [2.05, 4.69) is 6.58 Å². The van der Waals surface area contributed by atoms with Gasteiger partial charge in [0, 0.05) is 12.2 Å². The highest BCUT2D eigenvalue weighted by Crippen LogP contribution is 2.35. The summed E-state index contributed by atoms with van der Waals surface area (Å²) in [6.45, 7) is 9.10. The van der Waals surface area contributed by atoms with Crippen LogP contribution in [0.4, 0.5) is 4.39 Å². The van der Waals surface area contributed by atoms with Crippen molar-refractivity contribution < 1.29 is 18.6 Å². The Balaban J connectivity index is 1.76. The maximum atomic E-state index is 15.1. The van der Waals surface area contributed by atoms with Gasteiger partial charge in [-0.1, -0.05) is 36.9 Å². The molecular formula is C23H27FO3. The zero-order valence-corrected chi connectivity index (χ0v) is 16.0. The Morgan fingerprint density at radius 2 is 1.96 bits per heavy atom. The minimum absolute atomic E-state index is 0.122. The van der Waals surface area contributed by atoms with E-state index in [1.165, 1.54) is 0 Å². The molecule has 1 aliphatic heterocycles. The van der Waals surface area contributed by atoms with Crippen LogP contribution in [0.1, 0.15) is 37.0 Å². The zero-order valence-electron chi connectivity index (χ0n) is 16.0. The lowest BCUT2D eigenvalue weighted by Crippen LogP contribution is -2.28. The lowest BCUT2D eigenvalue weighted by atomic mass is 9.93. The van der Waals surface area contributed by atoms with Gasteiger partial charge in [-0.3, -0.25) is 0 Å². The van der Waals surface area contributed by atoms with E-state index in [-0.39, 0.29) is 18.0 Å². The van der Waals surface area contributed by atoms with Crippen LogP contribution in [0.15, 0.2) is 49.1 Å². The minimum Gasteiger partial charge on any atom is -0.490 e.